The summed E-state index contributed by atoms with van der Waals surface area (Å²) in [6, 6.07) is 1.69. The maximum atomic E-state index is 13.1. The molecule has 0 aliphatic heterocycles. The number of aromatic nitrogens is 3. The third-order valence-corrected chi connectivity index (χ3v) is 6.79. The van der Waals surface area contributed by atoms with E-state index in [1.165, 1.54) is 51.0 Å². The van der Waals surface area contributed by atoms with Gasteiger partial charge in [0.25, 0.3) is 11.1 Å². The van der Waals surface area contributed by atoms with E-state index in [1.54, 1.807) is 26.2 Å². The van der Waals surface area contributed by atoms with Gasteiger partial charge < -0.3 is 9.47 Å². The summed E-state index contributed by atoms with van der Waals surface area (Å²) >= 11 is 7.30. The summed E-state index contributed by atoms with van der Waals surface area (Å²) in [6.45, 7) is 7.95. The Morgan fingerprint density at radius 2 is 1.80 bits per heavy atom. The summed E-state index contributed by atoms with van der Waals surface area (Å²) in [7, 11) is 3.05. The number of rotatable bonds is 8. The molecular formula is C26H35ClN4O3S. The van der Waals surface area contributed by atoms with Crippen LogP contribution in [0.3, 0.4) is 0 Å². The predicted octanol–water partition coefficient (Wildman–Crippen LogP) is 7.27. The maximum absolute atomic E-state index is 13.1. The van der Waals surface area contributed by atoms with Gasteiger partial charge in [-0.1, -0.05) is 79.0 Å². The van der Waals surface area contributed by atoms with Gasteiger partial charge in [0.15, 0.2) is 0 Å². The standard InChI is InChI=1S/C21H25ClN4O3S.C5H10/c1-7-12(3)13(4)9-15(16-10-18(22)23-11-17(16)28-5)14(8-2)19(27)24-20-25-26-21(29-6)30-20;1-2-4-5-3-1/h8-11H,7H2,1-6H3,(H,24,25,27);1-5H2/b13-12?,14-8+,15-9+;. The molecule has 0 atom stereocenters. The second-order valence-electron chi connectivity index (χ2n) is 8.08. The molecule has 7 nitrogen and oxygen atoms in total. The quantitative estimate of drug-likeness (QED) is 0.224. The van der Waals surface area contributed by atoms with Crippen LogP contribution in [-0.2, 0) is 4.79 Å². The first kappa shape index (κ1) is 28.5. The van der Waals surface area contributed by atoms with Gasteiger partial charge in [-0.05, 0) is 50.2 Å². The fraction of sp³-hybridized carbons (Fsp3) is 0.462. The summed E-state index contributed by atoms with van der Waals surface area (Å²) in [5, 5.41) is 11.6. The molecule has 1 amide bonds. The van der Waals surface area contributed by atoms with Crippen molar-refractivity contribution in [3.05, 3.63) is 51.9 Å². The Morgan fingerprint density at radius 3 is 2.31 bits per heavy atom. The van der Waals surface area contributed by atoms with E-state index in [-0.39, 0.29) is 5.91 Å². The van der Waals surface area contributed by atoms with Gasteiger partial charge in [-0.3, -0.25) is 10.1 Å². The molecule has 0 spiro atoms. The first-order chi connectivity index (χ1) is 16.8. The van der Waals surface area contributed by atoms with Crippen LogP contribution >= 0.6 is 22.9 Å². The molecule has 2 aromatic rings. The molecule has 9 heteroatoms. The Kier molecular flexibility index (Phi) is 11.9. The third-order valence-electron chi connectivity index (χ3n) is 5.78. The van der Waals surface area contributed by atoms with Crippen molar-refractivity contribution in [1.82, 2.24) is 15.2 Å². The molecule has 0 radical (unpaired) electrons. The van der Waals surface area contributed by atoms with Crippen LogP contribution in [0.1, 0.15) is 71.8 Å². The van der Waals surface area contributed by atoms with Crippen molar-refractivity contribution in [3.8, 4) is 10.9 Å². The van der Waals surface area contributed by atoms with Crippen LogP contribution in [0.15, 0.2) is 41.1 Å². The number of carbonyl (C=O) groups excluding carboxylic acids is 1. The van der Waals surface area contributed by atoms with E-state index in [4.69, 9.17) is 21.1 Å². The van der Waals surface area contributed by atoms with Crippen molar-refractivity contribution in [2.45, 2.75) is 66.2 Å². The van der Waals surface area contributed by atoms with Crippen LogP contribution in [0.2, 0.25) is 5.15 Å². The highest BCUT2D eigenvalue weighted by atomic mass is 35.5. The van der Waals surface area contributed by atoms with Crippen molar-refractivity contribution in [2.75, 3.05) is 19.5 Å². The van der Waals surface area contributed by atoms with E-state index in [9.17, 15) is 4.79 Å². The highest BCUT2D eigenvalue weighted by molar-refractivity contribution is 7.17. The van der Waals surface area contributed by atoms with E-state index in [0.29, 0.717) is 37.9 Å². The number of halogens is 1. The number of pyridine rings is 1. The van der Waals surface area contributed by atoms with Crippen LogP contribution in [-0.4, -0.2) is 35.3 Å². The molecule has 1 fully saturated rings. The number of nitrogens with zero attached hydrogens (tertiary/aromatic N) is 3. The van der Waals surface area contributed by atoms with Gasteiger partial charge in [-0.25, -0.2) is 4.98 Å². The fourth-order valence-corrected chi connectivity index (χ4v) is 4.22. The Labute approximate surface area is 217 Å². The van der Waals surface area contributed by atoms with Gasteiger partial charge in [0.1, 0.15) is 10.9 Å². The molecule has 0 unspecified atom stereocenters. The smallest absolute Gasteiger partial charge is 0.295 e. The largest absolute Gasteiger partial charge is 0.494 e. The molecular weight excluding hydrogens is 484 g/mol. The van der Waals surface area contributed by atoms with E-state index in [2.05, 4.69) is 34.3 Å². The van der Waals surface area contributed by atoms with Crippen LogP contribution in [0, 0.1) is 0 Å². The third kappa shape index (κ3) is 8.47. The van der Waals surface area contributed by atoms with Gasteiger partial charge in [0.2, 0.25) is 5.13 Å². The van der Waals surface area contributed by atoms with Crippen molar-refractivity contribution >= 4 is 39.5 Å². The number of ether oxygens (including phenoxy) is 2. The normalized spacial score (nSPS) is 14.6. The van der Waals surface area contributed by atoms with Crippen molar-refractivity contribution < 1.29 is 14.3 Å². The summed E-state index contributed by atoms with van der Waals surface area (Å²) in [5.74, 6) is 0.178. The van der Waals surface area contributed by atoms with E-state index in [0.717, 1.165) is 23.3 Å². The molecule has 35 heavy (non-hydrogen) atoms. The number of allylic oxidation sites excluding steroid dienone is 4. The average Bonchev–Trinajstić information content (AvgIpc) is 3.58. The SMILES string of the molecule is C/C=C(C(=O)Nc1nnc(OC)s1)\C(=C/C(C)=C(C)CC)c1cc(Cl)ncc1OC.C1CCCC1. The summed E-state index contributed by atoms with van der Waals surface area (Å²) in [4.78, 5) is 17.2. The highest BCUT2D eigenvalue weighted by Crippen LogP contribution is 2.34. The van der Waals surface area contributed by atoms with Gasteiger partial charge in [0.05, 0.1) is 20.4 Å². The van der Waals surface area contributed by atoms with E-state index < -0.39 is 0 Å². The van der Waals surface area contributed by atoms with Crippen LogP contribution in [0.4, 0.5) is 5.13 Å². The van der Waals surface area contributed by atoms with Gasteiger partial charge >= 0.3 is 0 Å². The molecule has 2 heterocycles. The molecule has 1 saturated carbocycles. The Hall–Kier alpha value is -2.71. The van der Waals surface area contributed by atoms with Gasteiger partial charge in [0, 0.05) is 11.1 Å². The topological polar surface area (TPSA) is 86.2 Å². The van der Waals surface area contributed by atoms with E-state index in [1.807, 2.05) is 13.0 Å². The second kappa shape index (κ2) is 14.6. The summed E-state index contributed by atoms with van der Waals surface area (Å²) < 4.78 is 10.5. The molecule has 1 N–H and O–H groups in total. The number of methoxy groups -OCH3 is 2. The zero-order chi connectivity index (χ0) is 25.8. The minimum absolute atomic E-state index is 0.301. The molecule has 0 bridgehead atoms. The number of nitrogens with one attached hydrogen (secondary N) is 1. The maximum Gasteiger partial charge on any atom is 0.295 e. The number of hydrogen-bond donors (Lipinski definition) is 1. The van der Waals surface area contributed by atoms with Gasteiger partial charge in [-0.2, -0.15) is 0 Å². The summed E-state index contributed by atoms with van der Waals surface area (Å²) in [6.07, 6.45) is 13.6. The zero-order valence-electron chi connectivity index (χ0n) is 21.4. The monoisotopic (exact) mass is 518 g/mol. The number of hydrogen-bond acceptors (Lipinski definition) is 7. The molecule has 0 saturated heterocycles. The lowest BCUT2D eigenvalue weighted by molar-refractivity contribution is -0.112. The first-order valence-electron chi connectivity index (χ1n) is 11.8. The first-order valence-corrected chi connectivity index (χ1v) is 13.0. The number of anilines is 1. The lowest BCUT2D eigenvalue weighted by Gasteiger charge is -2.16. The fourth-order valence-electron chi connectivity index (χ4n) is 3.51. The molecule has 3 rings (SSSR count). The number of carbonyl (C=O) groups is 1. The van der Waals surface area contributed by atoms with Crippen molar-refractivity contribution in [3.63, 3.8) is 0 Å². The second-order valence-corrected chi connectivity index (χ2v) is 9.41. The molecule has 190 valence electrons. The van der Waals surface area contributed by atoms with Crippen LogP contribution in [0.25, 0.3) is 5.57 Å². The van der Waals surface area contributed by atoms with Crippen molar-refractivity contribution in [2.24, 2.45) is 0 Å². The van der Waals surface area contributed by atoms with Crippen LogP contribution < -0.4 is 14.8 Å². The Bertz CT molecular complexity index is 1080. The Balaban J connectivity index is 0.000000764. The highest BCUT2D eigenvalue weighted by Gasteiger charge is 2.21. The van der Waals surface area contributed by atoms with Gasteiger partial charge in [-0.15, -0.1) is 5.10 Å². The lowest BCUT2D eigenvalue weighted by atomic mass is 9.93. The minimum Gasteiger partial charge on any atom is -0.494 e. The van der Waals surface area contributed by atoms with Crippen LogP contribution in [0.5, 0.6) is 10.9 Å². The van der Waals surface area contributed by atoms with Crippen molar-refractivity contribution in [1.29, 1.82) is 0 Å². The minimum atomic E-state index is -0.334. The molecule has 1 aliphatic rings. The molecule has 0 aromatic carbocycles. The Morgan fingerprint density at radius 1 is 1.14 bits per heavy atom. The summed E-state index contributed by atoms with van der Waals surface area (Å²) in [5.41, 5.74) is 4.02. The van der Waals surface area contributed by atoms with E-state index >= 15 is 0 Å². The predicted molar refractivity (Wildman–Crippen MR) is 144 cm³/mol. The number of amides is 1. The lowest BCUT2D eigenvalue weighted by Crippen LogP contribution is -2.16. The molecule has 2 aromatic heterocycles. The molecule has 1 aliphatic carbocycles. The zero-order valence-corrected chi connectivity index (χ0v) is 23.0. The average molecular weight is 519 g/mol.